The first kappa shape index (κ1) is 15.3. The topological polar surface area (TPSA) is 82.5 Å². The van der Waals surface area contributed by atoms with Gasteiger partial charge in [0.2, 0.25) is 0 Å². The first-order chi connectivity index (χ1) is 10.0. The summed E-state index contributed by atoms with van der Waals surface area (Å²) < 4.78 is 0. The molecule has 5 heteroatoms. The Morgan fingerprint density at radius 2 is 1.86 bits per heavy atom. The highest BCUT2D eigenvalue weighted by molar-refractivity contribution is 6.06. The monoisotopic (exact) mass is 288 g/mol. The minimum absolute atomic E-state index is 0.178. The third-order valence-corrected chi connectivity index (χ3v) is 3.93. The zero-order valence-corrected chi connectivity index (χ0v) is 12.3. The van der Waals surface area contributed by atoms with Gasteiger partial charge in [0.1, 0.15) is 5.82 Å². The van der Waals surface area contributed by atoms with E-state index in [-0.39, 0.29) is 5.56 Å². The van der Waals surface area contributed by atoms with Crippen LogP contribution in [0.5, 0.6) is 0 Å². The average Bonchev–Trinajstić information content (AvgIpc) is 2.52. The number of carbonyl (C=O) groups is 1. The van der Waals surface area contributed by atoms with Crippen LogP contribution in [-0.2, 0) is 0 Å². The third-order valence-electron chi connectivity index (χ3n) is 3.93. The molecule has 2 rings (SSSR count). The number of aliphatic hydroxyl groups is 1. The van der Waals surface area contributed by atoms with Gasteiger partial charge < -0.3 is 15.5 Å². The van der Waals surface area contributed by atoms with Crippen LogP contribution >= 0.6 is 0 Å². The van der Waals surface area contributed by atoms with Gasteiger partial charge in [0, 0.05) is 23.5 Å². The van der Waals surface area contributed by atoms with E-state index >= 15 is 0 Å². The first-order valence-corrected chi connectivity index (χ1v) is 7.08. The molecule has 1 aromatic carbocycles. The van der Waals surface area contributed by atoms with Crippen LogP contribution in [0.4, 0.5) is 5.82 Å². The van der Waals surface area contributed by atoms with Crippen molar-refractivity contribution in [1.82, 2.24) is 4.98 Å². The van der Waals surface area contributed by atoms with E-state index < -0.39 is 11.6 Å². The molecule has 0 radical (unpaired) electrons. The Kier molecular flexibility index (Phi) is 4.43. The number of aromatic carboxylic acids is 1. The van der Waals surface area contributed by atoms with E-state index in [1.54, 1.807) is 12.1 Å². The summed E-state index contributed by atoms with van der Waals surface area (Å²) in [5.74, 6) is -0.403. The van der Waals surface area contributed by atoms with Crippen LogP contribution < -0.4 is 5.32 Å². The molecule has 0 aliphatic heterocycles. The lowest BCUT2D eigenvalue weighted by atomic mass is 9.97. The summed E-state index contributed by atoms with van der Waals surface area (Å²) in [5.41, 5.74) is -0.605. The molecule has 5 nitrogen and oxygen atoms in total. The Hall–Kier alpha value is -2.14. The van der Waals surface area contributed by atoms with Crippen molar-refractivity contribution >= 4 is 22.6 Å². The van der Waals surface area contributed by atoms with Crippen molar-refractivity contribution in [3.63, 3.8) is 0 Å². The lowest BCUT2D eigenvalue weighted by Crippen LogP contribution is -2.35. The normalized spacial score (nSPS) is 11.6. The molecule has 0 aliphatic carbocycles. The zero-order valence-electron chi connectivity index (χ0n) is 12.3. The van der Waals surface area contributed by atoms with Gasteiger partial charge in [-0.05, 0) is 12.8 Å². The van der Waals surface area contributed by atoms with Crippen LogP contribution in [0.2, 0.25) is 0 Å². The summed E-state index contributed by atoms with van der Waals surface area (Å²) in [6.07, 6.45) is 2.63. The van der Waals surface area contributed by atoms with E-state index in [0.29, 0.717) is 30.6 Å². The van der Waals surface area contributed by atoms with Crippen LogP contribution in [0.3, 0.4) is 0 Å². The number of fused-ring (bicyclic) bond motifs is 1. The number of anilines is 1. The summed E-state index contributed by atoms with van der Waals surface area (Å²) in [6, 6.07) is 7.23. The SMILES string of the molecule is CCC(O)(CC)CNc1ncc(C(=O)O)c2ccccc12. The smallest absolute Gasteiger partial charge is 0.337 e. The van der Waals surface area contributed by atoms with E-state index in [1.807, 2.05) is 26.0 Å². The number of nitrogens with zero attached hydrogens (tertiary/aromatic N) is 1. The van der Waals surface area contributed by atoms with Crippen molar-refractivity contribution in [3.05, 3.63) is 36.0 Å². The van der Waals surface area contributed by atoms with E-state index in [2.05, 4.69) is 10.3 Å². The highest BCUT2D eigenvalue weighted by Crippen LogP contribution is 2.25. The maximum absolute atomic E-state index is 11.2. The van der Waals surface area contributed by atoms with Crippen molar-refractivity contribution in [1.29, 1.82) is 0 Å². The Morgan fingerprint density at radius 1 is 1.24 bits per heavy atom. The predicted octanol–water partition coefficient (Wildman–Crippen LogP) is 2.90. The van der Waals surface area contributed by atoms with Gasteiger partial charge >= 0.3 is 5.97 Å². The van der Waals surface area contributed by atoms with Crippen LogP contribution in [0, 0.1) is 0 Å². The van der Waals surface area contributed by atoms with Gasteiger partial charge in [-0.1, -0.05) is 38.1 Å². The van der Waals surface area contributed by atoms with Gasteiger partial charge in [-0.25, -0.2) is 9.78 Å². The number of rotatable bonds is 6. The molecule has 0 spiro atoms. The lowest BCUT2D eigenvalue weighted by Gasteiger charge is -2.26. The summed E-state index contributed by atoms with van der Waals surface area (Å²) >= 11 is 0. The van der Waals surface area contributed by atoms with Gasteiger partial charge in [0.05, 0.1) is 11.2 Å². The third kappa shape index (κ3) is 3.13. The Balaban J connectivity index is 2.38. The van der Waals surface area contributed by atoms with Crippen LogP contribution in [0.1, 0.15) is 37.0 Å². The van der Waals surface area contributed by atoms with E-state index in [9.17, 15) is 15.0 Å². The van der Waals surface area contributed by atoms with Crippen molar-refractivity contribution in [2.45, 2.75) is 32.3 Å². The molecule has 0 bridgehead atoms. The fraction of sp³-hybridized carbons (Fsp3) is 0.375. The van der Waals surface area contributed by atoms with Crippen molar-refractivity contribution in [3.8, 4) is 0 Å². The van der Waals surface area contributed by atoms with Gasteiger partial charge in [-0.2, -0.15) is 0 Å². The fourth-order valence-electron chi connectivity index (χ4n) is 2.25. The first-order valence-electron chi connectivity index (χ1n) is 7.08. The number of nitrogens with one attached hydrogen (secondary N) is 1. The van der Waals surface area contributed by atoms with Crippen molar-refractivity contribution < 1.29 is 15.0 Å². The zero-order chi connectivity index (χ0) is 15.5. The molecule has 21 heavy (non-hydrogen) atoms. The van der Waals surface area contributed by atoms with Gasteiger partial charge in [0.15, 0.2) is 0 Å². The highest BCUT2D eigenvalue weighted by Gasteiger charge is 2.22. The summed E-state index contributed by atoms with van der Waals surface area (Å²) in [7, 11) is 0. The maximum Gasteiger partial charge on any atom is 0.337 e. The minimum atomic E-state index is -0.996. The number of hydrogen-bond donors (Lipinski definition) is 3. The molecule has 0 saturated heterocycles. The largest absolute Gasteiger partial charge is 0.478 e. The molecule has 0 unspecified atom stereocenters. The fourth-order valence-corrected chi connectivity index (χ4v) is 2.25. The van der Waals surface area contributed by atoms with Crippen molar-refractivity contribution in [2.75, 3.05) is 11.9 Å². The molecule has 0 aliphatic rings. The Labute approximate surface area is 123 Å². The Morgan fingerprint density at radius 3 is 2.43 bits per heavy atom. The van der Waals surface area contributed by atoms with Crippen molar-refractivity contribution in [2.24, 2.45) is 0 Å². The second kappa shape index (κ2) is 6.10. The summed E-state index contributed by atoms with van der Waals surface area (Å²) in [5, 5.41) is 24.1. The maximum atomic E-state index is 11.2. The van der Waals surface area contributed by atoms with E-state index in [1.165, 1.54) is 6.20 Å². The second-order valence-corrected chi connectivity index (χ2v) is 5.16. The molecule has 1 heterocycles. The molecule has 112 valence electrons. The number of aromatic nitrogens is 1. The summed E-state index contributed by atoms with van der Waals surface area (Å²) in [4.78, 5) is 15.4. The van der Waals surface area contributed by atoms with Crippen LogP contribution in [0.15, 0.2) is 30.5 Å². The molecular weight excluding hydrogens is 268 g/mol. The van der Waals surface area contributed by atoms with E-state index in [4.69, 9.17) is 0 Å². The molecule has 0 fully saturated rings. The second-order valence-electron chi connectivity index (χ2n) is 5.16. The molecule has 1 aromatic heterocycles. The van der Waals surface area contributed by atoms with Gasteiger partial charge in [-0.15, -0.1) is 0 Å². The average molecular weight is 288 g/mol. The van der Waals surface area contributed by atoms with Crippen LogP contribution in [0.25, 0.3) is 10.8 Å². The molecular formula is C16H20N2O3. The molecule has 0 saturated carbocycles. The number of pyridine rings is 1. The molecule has 3 N–H and O–H groups in total. The Bertz CT molecular complexity index is 651. The van der Waals surface area contributed by atoms with Gasteiger partial charge in [0.25, 0.3) is 0 Å². The number of benzene rings is 1. The molecule has 2 aromatic rings. The summed E-state index contributed by atoms with van der Waals surface area (Å²) in [6.45, 7) is 4.25. The number of carboxylic acids is 1. The number of hydrogen-bond acceptors (Lipinski definition) is 4. The van der Waals surface area contributed by atoms with Gasteiger partial charge in [-0.3, -0.25) is 0 Å². The quantitative estimate of drug-likeness (QED) is 0.761. The minimum Gasteiger partial charge on any atom is -0.478 e. The highest BCUT2D eigenvalue weighted by atomic mass is 16.4. The molecule has 0 atom stereocenters. The number of carboxylic acid groups (broad SMARTS) is 1. The molecule has 0 amide bonds. The van der Waals surface area contributed by atoms with E-state index in [0.717, 1.165) is 5.39 Å². The lowest BCUT2D eigenvalue weighted by molar-refractivity contribution is 0.0456. The standard InChI is InChI=1S/C16H20N2O3/c1-3-16(21,4-2)10-18-14-12-8-6-5-7-11(12)13(9-17-14)15(19)20/h5-9,21H,3-4,10H2,1-2H3,(H,17,18)(H,19,20). The van der Waals surface area contributed by atoms with Crippen LogP contribution in [-0.4, -0.2) is 33.3 Å². The predicted molar refractivity (Wildman–Crippen MR) is 82.7 cm³/mol.